The van der Waals surface area contributed by atoms with Crippen molar-refractivity contribution >= 4 is 23.3 Å². The van der Waals surface area contributed by atoms with Crippen LogP contribution < -0.4 is 14.8 Å². The van der Waals surface area contributed by atoms with Crippen LogP contribution in [0.2, 0.25) is 5.02 Å². The van der Waals surface area contributed by atoms with Gasteiger partial charge in [-0.2, -0.15) is 0 Å². The van der Waals surface area contributed by atoms with Gasteiger partial charge in [0, 0.05) is 12.2 Å². The molecule has 168 valence electrons. The van der Waals surface area contributed by atoms with Crippen LogP contribution >= 0.6 is 11.6 Å². The topological polar surface area (TPSA) is 56.8 Å². The van der Waals surface area contributed by atoms with Crippen molar-refractivity contribution in [2.45, 2.75) is 33.9 Å². The van der Waals surface area contributed by atoms with Crippen molar-refractivity contribution in [2.75, 3.05) is 18.5 Å². The summed E-state index contributed by atoms with van der Waals surface area (Å²) in [4.78, 5) is 11.8. The van der Waals surface area contributed by atoms with Crippen LogP contribution in [0.1, 0.15) is 40.9 Å². The fourth-order valence-corrected chi connectivity index (χ4v) is 3.48. The second kappa shape index (κ2) is 11.4. The van der Waals surface area contributed by atoms with Crippen LogP contribution in [0.25, 0.3) is 0 Å². The summed E-state index contributed by atoms with van der Waals surface area (Å²) in [6, 6.07) is 19.1. The molecular weight excluding hydrogens is 426 g/mol. The van der Waals surface area contributed by atoms with Gasteiger partial charge >= 0.3 is 5.97 Å². The van der Waals surface area contributed by atoms with E-state index < -0.39 is 0 Å². The van der Waals surface area contributed by atoms with Crippen molar-refractivity contribution in [2.24, 2.45) is 0 Å². The average molecular weight is 454 g/mol. The van der Waals surface area contributed by atoms with Crippen LogP contribution in [0.5, 0.6) is 11.5 Å². The van der Waals surface area contributed by atoms with E-state index in [1.165, 1.54) is 0 Å². The molecule has 0 aliphatic rings. The number of nitrogens with one attached hydrogen (secondary N) is 1. The van der Waals surface area contributed by atoms with Gasteiger partial charge in [0.1, 0.15) is 6.61 Å². The molecule has 0 aromatic heterocycles. The maximum absolute atomic E-state index is 11.8. The van der Waals surface area contributed by atoms with E-state index in [1.807, 2.05) is 49.4 Å². The number of hydrogen-bond donors (Lipinski definition) is 1. The van der Waals surface area contributed by atoms with E-state index in [9.17, 15) is 4.79 Å². The molecule has 0 saturated heterocycles. The Bertz CT molecular complexity index is 1050. The third-order valence-corrected chi connectivity index (χ3v) is 5.18. The van der Waals surface area contributed by atoms with E-state index >= 15 is 0 Å². The van der Waals surface area contributed by atoms with Gasteiger partial charge in [-0.25, -0.2) is 4.79 Å². The Balaban J connectivity index is 1.69. The molecule has 0 amide bonds. The normalized spacial score (nSPS) is 10.5. The molecule has 6 heteroatoms. The Morgan fingerprint density at radius 1 is 0.969 bits per heavy atom. The lowest BCUT2D eigenvalue weighted by atomic mass is 10.1. The van der Waals surface area contributed by atoms with Crippen LogP contribution in [0.15, 0.2) is 60.7 Å². The maximum Gasteiger partial charge on any atom is 0.338 e. The molecule has 3 aromatic carbocycles. The van der Waals surface area contributed by atoms with Crippen molar-refractivity contribution in [3.63, 3.8) is 0 Å². The molecule has 0 heterocycles. The highest BCUT2D eigenvalue weighted by Gasteiger charge is 2.14. The molecule has 3 rings (SSSR count). The zero-order valence-electron chi connectivity index (χ0n) is 18.6. The van der Waals surface area contributed by atoms with Crippen molar-refractivity contribution < 1.29 is 19.0 Å². The number of carbonyl (C=O) groups excluding carboxylic acids is 1. The van der Waals surface area contributed by atoms with Crippen molar-refractivity contribution in [1.29, 1.82) is 0 Å². The van der Waals surface area contributed by atoms with Crippen LogP contribution in [0.4, 0.5) is 5.69 Å². The zero-order valence-corrected chi connectivity index (χ0v) is 19.4. The second-order valence-corrected chi connectivity index (χ2v) is 7.61. The van der Waals surface area contributed by atoms with Crippen LogP contribution in [-0.2, 0) is 17.9 Å². The number of anilines is 1. The number of halogens is 1. The number of ether oxygens (including phenoxy) is 3. The summed E-state index contributed by atoms with van der Waals surface area (Å²) in [7, 11) is 0. The van der Waals surface area contributed by atoms with Crippen molar-refractivity contribution in [3.05, 3.63) is 87.9 Å². The quantitative estimate of drug-likeness (QED) is 0.359. The van der Waals surface area contributed by atoms with E-state index in [0.717, 1.165) is 22.4 Å². The Morgan fingerprint density at radius 2 is 1.72 bits per heavy atom. The molecule has 0 radical (unpaired) electrons. The van der Waals surface area contributed by atoms with Gasteiger partial charge in [-0.15, -0.1) is 0 Å². The molecule has 3 aromatic rings. The summed E-state index contributed by atoms with van der Waals surface area (Å²) < 4.78 is 16.9. The average Bonchev–Trinajstić information content (AvgIpc) is 2.79. The zero-order chi connectivity index (χ0) is 22.9. The highest BCUT2D eigenvalue weighted by Crippen LogP contribution is 2.37. The summed E-state index contributed by atoms with van der Waals surface area (Å²) in [5.41, 5.74) is 4.62. The first-order valence-electron chi connectivity index (χ1n) is 10.6. The maximum atomic E-state index is 11.8. The van der Waals surface area contributed by atoms with Crippen molar-refractivity contribution in [1.82, 2.24) is 0 Å². The Hall–Kier alpha value is -3.18. The molecule has 1 N–H and O–H groups in total. The monoisotopic (exact) mass is 453 g/mol. The lowest BCUT2D eigenvalue weighted by Crippen LogP contribution is -2.06. The van der Waals surface area contributed by atoms with Gasteiger partial charge in [0.15, 0.2) is 11.5 Å². The van der Waals surface area contributed by atoms with Gasteiger partial charge in [-0.1, -0.05) is 35.9 Å². The van der Waals surface area contributed by atoms with Crippen LogP contribution in [-0.4, -0.2) is 19.2 Å². The Kier molecular flexibility index (Phi) is 8.40. The Morgan fingerprint density at radius 3 is 2.41 bits per heavy atom. The molecule has 32 heavy (non-hydrogen) atoms. The first-order chi connectivity index (χ1) is 15.5. The lowest BCUT2D eigenvalue weighted by molar-refractivity contribution is 0.0526. The molecule has 0 saturated carbocycles. The van der Waals surface area contributed by atoms with Gasteiger partial charge in [-0.3, -0.25) is 0 Å². The second-order valence-electron chi connectivity index (χ2n) is 7.20. The number of benzene rings is 3. The lowest BCUT2D eigenvalue weighted by Gasteiger charge is -2.16. The molecule has 0 aliphatic heterocycles. The standard InChI is InChI=1S/C26H28ClNO4/c1-4-30-24-15-19(16-28-22-12-10-20(11-13-22)26(29)31-5-2)14-23(27)25(24)32-17-21-9-7-6-8-18(21)3/h6-15,28H,4-5,16-17H2,1-3H3. The van der Waals surface area contributed by atoms with Crippen LogP contribution in [0, 0.1) is 6.92 Å². The molecule has 0 spiro atoms. The molecular formula is C26H28ClNO4. The summed E-state index contributed by atoms with van der Waals surface area (Å²) in [5.74, 6) is 0.829. The number of rotatable bonds is 10. The summed E-state index contributed by atoms with van der Waals surface area (Å²) in [5, 5.41) is 3.83. The van der Waals surface area contributed by atoms with Gasteiger partial charge in [0.2, 0.25) is 0 Å². The number of carbonyl (C=O) groups is 1. The van der Waals surface area contributed by atoms with Gasteiger partial charge < -0.3 is 19.5 Å². The Labute approximate surface area is 194 Å². The van der Waals surface area contributed by atoms with Gasteiger partial charge in [0.25, 0.3) is 0 Å². The highest BCUT2D eigenvalue weighted by atomic mass is 35.5. The molecule has 0 bridgehead atoms. The van der Waals surface area contributed by atoms with E-state index in [0.29, 0.717) is 48.5 Å². The van der Waals surface area contributed by atoms with E-state index in [-0.39, 0.29) is 5.97 Å². The summed E-state index contributed by atoms with van der Waals surface area (Å²) in [6.07, 6.45) is 0. The summed E-state index contributed by atoms with van der Waals surface area (Å²) in [6.45, 7) is 7.57. The predicted octanol–water partition coefficient (Wildman–Crippen LogP) is 6.41. The SMILES string of the molecule is CCOC(=O)c1ccc(NCc2cc(Cl)c(OCc3ccccc3C)c(OCC)c2)cc1. The number of esters is 1. The van der Waals surface area contributed by atoms with E-state index in [1.54, 1.807) is 19.1 Å². The number of hydrogen-bond acceptors (Lipinski definition) is 5. The largest absolute Gasteiger partial charge is 0.490 e. The minimum atomic E-state index is -0.325. The van der Waals surface area contributed by atoms with Crippen LogP contribution in [0.3, 0.4) is 0 Å². The fraction of sp³-hybridized carbons (Fsp3) is 0.269. The highest BCUT2D eigenvalue weighted by molar-refractivity contribution is 6.32. The van der Waals surface area contributed by atoms with E-state index in [2.05, 4.69) is 18.3 Å². The molecule has 0 unspecified atom stereocenters. The first-order valence-corrected chi connectivity index (χ1v) is 11.0. The molecule has 5 nitrogen and oxygen atoms in total. The minimum Gasteiger partial charge on any atom is -0.490 e. The number of aryl methyl sites for hydroxylation is 1. The van der Waals surface area contributed by atoms with Crippen molar-refractivity contribution in [3.8, 4) is 11.5 Å². The van der Waals surface area contributed by atoms with E-state index in [4.69, 9.17) is 25.8 Å². The fourth-order valence-electron chi connectivity index (χ4n) is 3.19. The smallest absolute Gasteiger partial charge is 0.338 e. The van der Waals surface area contributed by atoms with Gasteiger partial charge in [0.05, 0.1) is 23.8 Å². The van der Waals surface area contributed by atoms with Gasteiger partial charge in [-0.05, 0) is 73.9 Å². The molecule has 0 aliphatic carbocycles. The minimum absolute atomic E-state index is 0.325. The third kappa shape index (κ3) is 6.17. The predicted molar refractivity (Wildman–Crippen MR) is 128 cm³/mol. The molecule has 0 fully saturated rings. The molecule has 0 atom stereocenters. The summed E-state index contributed by atoms with van der Waals surface area (Å²) >= 11 is 6.56. The first kappa shape index (κ1) is 23.5. The third-order valence-electron chi connectivity index (χ3n) is 4.90.